The van der Waals surface area contributed by atoms with Crippen LogP contribution in [0.5, 0.6) is 0 Å². The highest BCUT2D eigenvalue weighted by Gasteiger charge is 2.35. The standard InChI is InChI=1S/C17H27N3/c1-3-16(18)15-8-4-5-9-17(15)20-12-14-7-6-10-19(14)11-13(20)2/h4-5,8-9,13-14,16H,3,6-7,10-12,18H2,1-2H3/t13?,14?,16-/m1/s1. The van der Waals surface area contributed by atoms with Gasteiger partial charge < -0.3 is 10.6 Å². The van der Waals surface area contributed by atoms with Gasteiger partial charge in [-0.05, 0) is 44.4 Å². The Balaban J connectivity index is 1.88. The summed E-state index contributed by atoms with van der Waals surface area (Å²) in [5.41, 5.74) is 8.99. The van der Waals surface area contributed by atoms with Gasteiger partial charge in [0, 0.05) is 36.9 Å². The van der Waals surface area contributed by atoms with E-state index in [1.54, 1.807) is 0 Å². The number of para-hydroxylation sites is 1. The normalized spacial score (nSPS) is 28.4. The molecule has 2 aliphatic rings. The van der Waals surface area contributed by atoms with Crippen molar-refractivity contribution in [1.29, 1.82) is 0 Å². The second-order valence-corrected chi connectivity index (χ2v) is 6.37. The summed E-state index contributed by atoms with van der Waals surface area (Å²) in [7, 11) is 0. The number of rotatable bonds is 3. The summed E-state index contributed by atoms with van der Waals surface area (Å²) < 4.78 is 0. The summed E-state index contributed by atoms with van der Waals surface area (Å²) in [6, 6.07) is 10.2. The van der Waals surface area contributed by atoms with Crippen LogP contribution in [-0.2, 0) is 0 Å². The van der Waals surface area contributed by atoms with Crippen LogP contribution in [0.15, 0.2) is 24.3 Å². The Labute approximate surface area is 122 Å². The van der Waals surface area contributed by atoms with Gasteiger partial charge in [-0.2, -0.15) is 0 Å². The number of nitrogens with two attached hydrogens (primary N) is 1. The van der Waals surface area contributed by atoms with E-state index in [-0.39, 0.29) is 6.04 Å². The monoisotopic (exact) mass is 273 g/mol. The number of fused-ring (bicyclic) bond motifs is 1. The molecule has 2 fully saturated rings. The van der Waals surface area contributed by atoms with Crippen molar-refractivity contribution in [2.24, 2.45) is 5.73 Å². The van der Waals surface area contributed by atoms with Crippen LogP contribution in [0.1, 0.15) is 44.7 Å². The van der Waals surface area contributed by atoms with Crippen molar-refractivity contribution in [1.82, 2.24) is 4.90 Å². The topological polar surface area (TPSA) is 32.5 Å². The minimum Gasteiger partial charge on any atom is -0.366 e. The van der Waals surface area contributed by atoms with Crippen LogP contribution >= 0.6 is 0 Å². The van der Waals surface area contributed by atoms with E-state index in [9.17, 15) is 0 Å². The van der Waals surface area contributed by atoms with E-state index >= 15 is 0 Å². The van der Waals surface area contributed by atoms with Crippen LogP contribution in [0.2, 0.25) is 0 Å². The molecule has 3 nitrogen and oxygen atoms in total. The van der Waals surface area contributed by atoms with Crippen LogP contribution < -0.4 is 10.6 Å². The van der Waals surface area contributed by atoms with Gasteiger partial charge in [0.25, 0.3) is 0 Å². The molecule has 3 atom stereocenters. The highest BCUT2D eigenvalue weighted by Crippen LogP contribution is 2.33. The maximum absolute atomic E-state index is 6.32. The number of hydrogen-bond acceptors (Lipinski definition) is 3. The number of anilines is 1. The first-order valence-electron chi connectivity index (χ1n) is 8.06. The number of hydrogen-bond donors (Lipinski definition) is 1. The average Bonchev–Trinajstić information content (AvgIpc) is 2.92. The van der Waals surface area contributed by atoms with Gasteiger partial charge in [0.15, 0.2) is 0 Å². The summed E-state index contributed by atoms with van der Waals surface area (Å²) in [4.78, 5) is 5.26. The first-order chi connectivity index (χ1) is 9.70. The van der Waals surface area contributed by atoms with E-state index in [1.807, 2.05) is 0 Å². The summed E-state index contributed by atoms with van der Waals surface area (Å²) >= 11 is 0. The molecule has 0 aromatic heterocycles. The van der Waals surface area contributed by atoms with Crippen molar-refractivity contribution in [2.75, 3.05) is 24.5 Å². The molecule has 2 saturated heterocycles. The van der Waals surface area contributed by atoms with Gasteiger partial charge in [-0.3, -0.25) is 4.90 Å². The summed E-state index contributed by atoms with van der Waals surface area (Å²) in [6.45, 7) is 8.16. The molecule has 2 heterocycles. The van der Waals surface area contributed by atoms with Crippen molar-refractivity contribution < 1.29 is 0 Å². The summed E-state index contributed by atoms with van der Waals surface area (Å²) in [6.07, 6.45) is 3.71. The molecule has 0 radical (unpaired) electrons. The Morgan fingerprint density at radius 2 is 2.10 bits per heavy atom. The first kappa shape index (κ1) is 13.9. The molecule has 2 N–H and O–H groups in total. The quantitative estimate of drug-likeness (QED) is 0.919. The molecule has 0 spiro atoms. The molecule has 2 unspecified atom stereocenters. The predicted molar refractivity (Wildman–Crippen MR) is 85.1 cm³/mol. The Kier molecular flexibility index (Phi) is 3.99. The fourth-order valence-electron chi connectivity index (χ4n) is 3.81. The third-order valence-corrected chi connectivity index (χ3v) is 5.02. The van der Waals surface area contributed by atoms with E-state index in [4.69, 9.17) is 5.73 Å². The van der Waals surface area contributed by atoms with Crippen molar-refractivity contribution in [3.63, 3.8) is 0 Å². The van der Waals surface area contributed by atoms with Crippen LogP contribution in [-0.4, -0.2) is 36.6 Å². The zero-order valence-corrected chi connectivity index (χ0v) is 12.8. The Bertz CT molecular complexity index is 459. The van der Waals surface area contributed by atoms with Crippen LogP contribution in [0.3, 0.4) is 0 Å². The van der Waals surface area contributed by atoms with Crippen molar-refractivity contribution in [3.05, 3.63) is 29.8 Å². The molecule has 0 aliphatic carbocycles. The smallest absolute Gasteiger partial charge is 0.0418 e. The molecule has 1 aromatic rings. The maximum Gasteiger partial charge on any atom is 0.0418 e. The SMILES string of the molecule is CC[C@@H](N)c1ccccc1N1CC2CCCN2CC1C. The van der Waals surface area contributed by atoms with Gasteiger partial charge in [0.2, 0.25) is 0 Å². The lowest BCUT2D eigenvalue weighted by Gasteiger charge is -2.44. The van der Waals surface area contributed by atoms with Crippen LogP contribution in [0, 0.1) is 0 Å². The molecule has 0 amide bonds. The van der Waals surface area contributed by atoms with E-state index in [1.165, 1.54) is 37.2 Å². The lowest BCUT2D eigenvalue weighted by atomic mass is 9.99. The van der Waals surface area contributed by atoms with Crippen LogP contribution in [0.4, 0.5) is 5.69 Å². The number of piperazine rings is 1. The lowest BCUT2D eigenvalue weighted by Crippen LogP contribution is -2.55. The third kappa shape index (κ3) is 2.45. The van der Waals surface area contributed by atoms with Gasteiger partial charge in [-0.1, -0.05) is 25.1 Å². The van der Waals surface area contributed by atoms with Gasteiger partial charge in [-0.25, -0.2) is 0 Å². The molecular weight excluding hydrogens is 246 g/mol. The van der Waals surface area contributed by atoms with E-state index in [2.05, 4.69) is 47.9 Å². The largest absolute Gasteiger partial charge is 0.366 e. The van der Waals surface area contributed by atoms with Crippen molar-refractivity contribution in [3.8, 4) is 0 Å². The minimum absolute atomic E-state index is 0.153. The highest BCUT2D eigenvalue weighted by atomic mass is 15.3. The Hall–Kier alpha value is -1.06. The predicted octanol–water partition coefficient (Wildman–Crippen LogP) is 2.77. The van der Waals surface area contributed by atoms with Crippen LogP contribution in [0.25, 0.3) is 0 Å². The third-order valence-electron chi connectivity index (χ3n) is 5.02. The first-order valence-corrected chi connectivity index (χ1v) is 8.06. The molecule has 1 aromatic carbocycles. The average molecular weight is 273 g/mol. The molecule has 0 saturated carbocycles. The summed E-state index contributed by atoms with van der Waals surface area (Å²) in [5.74, 6) is 0. The molecule has 20 heavy (non-hydrogen) atoms. The number of nitrogens with zero attached hydrogens (tertiary/aromatic N) is 2. The maximum atomic E-state index is 6.32. The second-order valence-electron chi connectivity index (χ2n) is 6.37. The molecule has 3 rings (SSSR count). The van der Waals surface area contributed by atoms with E-state index < -0.39 is 0 Å². The van der Waals surface area contributed by atoms with Gasteiger partial charge in [0.05, 0.1) is 0 Å². The zero-order chi connectivity index (χ0) is 14.1. The second kappa shape index (κ2) is 5.74. The molecule has 3 heteroatoms. The number of benzene rings is 1. The summed E-state index contributed by atoms with van der Waals surface area (Å²) in [5, 5.41) is 0. The molecule has 110 valence electrons. The molecular formula is C17H27N3. The molecule has 2 aliphatic heterocycles. The fraction of sp³-hybridized carbons (Fsp3) is 0.647. The van der Waals surface area contributed by atoms with Crippen molar-refractivity contribution in [2.45, 2.75) is 51.2 Å². The Morgan fingerprint density at radius 1 is 1.30 bits per heavy atom. The Morgan fingerprint density at radius 3 is 2.90 bits per heavy atom. The molecule has 0 bridgehead atoms. The minimum atomic E-state index is 0.153. The van der Waals surface area contributed by atoms with E-state index in [0.29, 0.717) is 6.04 Å². The zero-order valence-electron chi connectivity index (χ0n) is 12.8. The van der Waals surface area contributed by atoms with Crippen molar-refractivity contribution >= 4 is 5.69 Å². The van der Waals surface area contributed by atoms with Gasteiger partial charge in [0.1, 0.15) is 0 Å². The van der Waals surface area contributed by atoms with E-state index in [0.717, 1.165) is 19.0 Å². The fourth-order valence-corrected chi connectivity index (χ4v) is 3.81. The van der Waals surface area contributed by atoms with Gasteiger partial charge >= 0.3 is 0 Å². The lowest BCUT2D eigenvalue weighted by molar-refractivity contribution is 0.202. The van der Waals surface area contributed by atoms with Gasteiger partial charge in [-0.15, -0.1) is 0 Å². The highest BCUT2D eigenvalue weighted by molar-refractivity contribution is 5.56.